The zero-order valence-corrected chi connectivity index (χ0v) is 11.8. The Balaban J connectivity index is 2.43. The number of rotatable bonds is 8. The number of carboxylic acids is 1. The van der Waals surface area contributed by atoms with Crippen molar-refractivity contribution in [3.8, 4) is 0 Å². The summed E-state index contributed by atoms with van der Waals surface area (Å²) in [4.78, 5) is 15.7. The monoisotopic (exact) mass is 258 g/mol. The molecule has 1 heterocycles. The van der Waals surface area contributed by atoms with Gasteiger partial charge < -0.3 is 9.84 Å². The SMILES string of the molecule is CCOC(CN1CCC(N(CC)CC)C1)C(=O)O. The summed E-state index contributed by atoms with van der Waals surface area (Å²) < 4.78 is 5.26. The molecule has 1 rings (SSSR count). The Labute approximate surface area is 110 Å². The number of aliphatic carboxylic acids is 1. The highest BCUT2D eigenvalue weighted by molar-refractivity contribution is 5.72. The third-order valence-electron chi connectivity index (χ3n) is 3.64. The van der Waals surface area contributed by atoms with Gasteiger partial charge in [-0.25, -0.2) is 4.79 Å². The Hall–Kier alpha value is -0.650. The summed E-state index contributed by atoms with van der Waals surface area (Å²) in [6, 6.07) is 0.566. The van der Waals surface area contributed by atoms with Crippen molar-refractivity contribution in [2.75, 3.05) is 39.3 Å². The van der Waals surface area contributed by atoms with Crippen molar-refractivity contribution in [3.63, 3.8) is 0 Å². The van der Waals surface area contributed by atoms with Gasteiger partial charge in [-0.05, 0) is 33.0 Å². The Morgan fingerprint density at radius 3 is 2.61 bits per heavy atom. The number of hydrogen-bond donors (Lipinski definition) is 1. The lowest BCUT2D eigenvalue weighted by atomic mass is 10.2. The van der Waals surface area contributed by atoms with Gasteiger partial charge in [0.2, 0.25) is 0 Å². The second kappa shape index (κ2) is 7.71. The van der Waals surface area contributed by atoms with Gasteiger partial charge in [0.25, 0.3) is 0 Å². The zero-order chi connectivity index (χ0) is 13.5. The van der Waals surface area contributed by atoms with Crippen LogP contribution in [0.4, 0.5) is 0 Å². The van der Waals surface area contributed by atoms with Gasteiger partial charge >= 0.3 is 5.97 Å². The highest BCUT2D eigenvalue weighted by atomic mass is 16.5. The second-order valence-corrected chi connectivity index (χ2v) is 4.71. The van der Waals surface area contributed by atoms with E-state index in [1.54, 1.807) is 0 Å². The van der Waals surface area contributed by atoms with E-state index in [4.69, 9.17) is 9.84 Å². The molecule has 5 nitrogen and oxygen atoms in total. The first-order chi connectivity index (χ1) is 8.62. The van der Waals surface area contributed by atoms with Crippen LogP contribution >= 0.6 is 0 Å². The van der Waals surface area contributed by atoms with Crippen molar-refractivity contribution in [1.82, 2.24) is 9.80 Å². The maximum Gasteiger partial charge on any atom is 0.334 e. The molecule has 1 N–H and O–H groups in total. The van der Waals surface area contributed by atoms with Crippen molar-refractivity contribution < 1.29 is 14.6 Å². The van der Waals surface area contributed by atoms with Crippen LogP contribution in [0.15, 0.2) is 0 Å². The average Bonchev–Trinajstić information content (AvgIpc) is 2.78. The highest BCUT2D eigenvalue weighted by Gasteiger charge is 2.29. The van der Waals surface area contributed by atoms with Crippen molar-refractivity contribution in [1.29, 1.82) is 0 Å². The fourth-order valence-corrected chi connectivity index (χ4v) is 2.65. The van der Waals surface area contributed by atoms with Gasteiger partial charge in [-0.1, -0.05) is 13.8 Å². The lowest BCUT2D eigenvalue weighted by molar-refractivity contribution is -0.151. The number of carboxylic acid groups (broad SMARTS) is 1. The number of ether oxygens (including phenoxy) is 1. The molecule has 1 saturated heterocycles. The molecule has 1 aliphatic heterocycles. The largest absolute Gasteiger partial charge is 0.479 e. The predicted octanol–water partition coefficient (Wildman–Crippen LogP) is 0.892. The first-order valence-corrected chi connectivity index (χ1v) is 6.93. The highest BCUT2D eigenvalue weighted by Crippen LogP contribution is 2.16. The van der Waals surface area contributed by atoms with E-state index in [-0.39, 0.29) is 0 Å². The summed E-state index contributed by atoms with van der Waals surface area (Å²) in [6.07, 6.45) is 0.436. The summed E-state index contributed by atoms with van der Waals surface area (Å²) in [5, 5.41) is 9.07. The second-order valence-electron chi connectivity index (χ2n) is 4.71. The third-order valence-corrected chi connectivity index (χ3v) is 3.64. The molecular formula is C13H26N2O3. The number of carbonyl (C=O) groups is 1. The minimum Gasteiger partial charge on any atom is -0.479 e. The number of likely N-dealkylation sites (tertiary alicyclic amines) is 1. The number of hydrogen-bond acceptors (Lipinski definition) is 4. The van der Waals surface area contributed by atoms with Gasteiger partial charge in [0.05, 0.1) is 0 Å². The lowest BCUT2D eigenvalue weighted by Gasteiger charge is -2.26. The summed E-state index contributed by atoms with van der Waals surface area (Å²) in [7, 11) is 0. The molecule has 0 aliphatic carbocycles. The minimum absolute atomic E-state index is 0.449. The standard InChI is InChI=1S/C13H26N2O3/c1-4-15(5-2)11-7-8-14(9-11)10-12(13(16)17)18-6-3/h11-12H,4-10H2,1-3H3,(H,16,17). The smallest absolute Gasteiger partial charge is 0.334 e. The molecule has 2 unspecified atom stereocenters. The van der Waals surface area contributed by atoms with E-state index in [2.05, 4.69) is 23.6 Å². The van der Waals surface area contributed by atoms with E-state index < -0.39 is 12.1 Å². The quantitative estimate of drug-likeness (QED) is 0.701. The molecule has 5 heteroatoms. The van der Waals surface area contributed by atoms with Crippen LogP contribution in [0.2, 0.25) is 0 Å². The van der Waals surface area contributed by atoms with E-state index in [1.165, 1.54) is 0 Å². The molecule has 2 atom stereocenters. The van der Waals surface area contributed by atoms with Crippen LogP contribution in [0.1, 0.15) is 27.2 Å². The molecule has 1 aliphatic rings. The van der Waals surface area contributed by atoms with Crippen molar-refractivity contribution in [2.24, 2.45) is 0 Å². The lowest BCUT2D eigenvalue weighted by Crippen LogP contribution is -2.41. The molecule has 0 saturated carbocycles. The van der Waals surface area contributed by atoms with Crippen molar-refractivity contribution in [2.45, 2.75) is 39.3 Å². The molecule has 106 valence electrons. The molecular weight excluding hydrogens is 232 g/mol. The van der Waals surface area contributed by atoms with Crippen LogP contribution in [0.5, 0.6) is 0 Å². The summed E-state index contributed by atoms with van der Waals surface area (Å²) in [6.45, 7) is 11.2. The first kappa shape index (κ1) is 15.4. The molecule has 0 radical (unpaired) electrons. The fourth-order valence-electron chi connectivity index (χ4n) is 2.65. The van der Waals surface area contributed by atoms with E-state index in [9.17, 15) is 4.79 Å². The van der Waals surface area contributed by atoms with Crippen LogP contribution in [0.25, 0.3) is 0 Å². The zero-order valence-electron chi connectivity index (χ0n) is 11.8. The van der Waals surface area contributed by atoms with E-state index >= 15 is 0 Å². The van der Waals surface area contributed by atoms with Crippen LogP contribution in [0, 0.1) is 0 Å². The Morgan fingerprint density at radius 1 is 1.44 bits per heavy atom. The molecule has 0 amide bonds. The average molecular weight is 258 g/mol. The van der Waals surface area contributed by atoms with Gasteiger partial charge in [-0.15, -0.1) is 0 Å². The first-order valence-electron chi connectivity index (χ1n) is 6.93. The van der Waals surface area contributed by atoms with Crippen LogP contribution < -0.4 is 0 Å². The Kier molecular flexibility index (Phi) is 6.60. The van der Waals surface area contributed by atoms with Crippen LogP contribution in [0.3, 0.4) is 0 Å². The molecule has 0 aromatic heterocycles. The number of nitrogens with zero attached hydrogens (tertiary/aromatic N) is 2. The van der Waals surface area contributed by atoms with E-state index in [1.807, 2.05) is 6.92 Å². The normalized spacial score (nSPS) is 22.6. The van der Waals surface area contributed by atoms with Gasteiger partial charge in [-0.2, -0.15) is 0 Å². The summed E-state index contributed by atoms with van der Waals surface area (Å²) >= 11 is 0. The van der Waals surface area contributed by atoms with Crippen molar-refractivity contribution in [3.05, 3.63) is 0 Å². The van der Waals surface area contributed by atoms with Gasteiger partial charge in [0.15, 0.2) is 6.10 Å². The molecule has 0 aromatic rings. The summed E-state index contributed by atoms with van der Waals surface area (Å²) in [5.74, 6) is -0.858. The maximum atomic E-state index is 11.0. The fraction of sp³-hybridized carbons (Fsp3) is 0.923. The predicted molar refractivity (Wildman–Crippen MR) is 70.8 cm³/mol. The Morgan fingerprint density at radius 2 is 2.11 bits per heavy atom. The topological polar surface area (TPSA) is 53.0 Å². The molecule has 0 spiro atoms. The third kappa shape index (κ3) is 4.23. The maximum absolute atomic E-state index is 11.0. The minimum atomic E-state index is -0.858. The van der Waals surface area contributed by atoms with Crippen LogP contribution in [-0.4, -0.2) is 72.4 Å². The molecule has 1 fully saturated rings. The number of likely N-dealkylation sites (N-methyl/N-ethyl adjacent to an activating group) is 1. The van der Waals surface area contributed by atoms with Gasteiger partial charge in [-0.3, -0.25) is 9.80 Å². The van der Waals surface area contributed by atoms with Gasteiger partial charge in [0.1, 0.15) is 0 Å². The van der Waals surface area contributed by atoms with E-state index in [0.717, 1.165) is 32.6 Å². The summed E-state index contributed by atoms with van der Waals surface area (Å²) in [5.41, 5.74) is 0. The van der Waals surface area contributed by atoms with Crippen molar-refractivity contribution >= 4 is 5.97 Å². The molecule has 0 bridgehead atoms. The molecule has 18 heavy (non-hydrogen) atoms. The molecule has 0 aromatic carbocycles. The van der Waals surface area contributed by atoms with Gasteiger partial charge in [0, 0.05) is 25.7 Å². The Bertz CT molecular complexity index is 257. The van der Waals surface area contributed by atoms with E-state index in [0.29, 0.717) is 19.2 Å². The van der Waals surface area contributed by atoms with Crippen LogP contribution in [-0.2, 0) is 9.53 Å².